The lowest BCUT2D eigenvalue weighted by Gasteiger charge is -2.32. The maximum Gasteiger partial charge on any atom is 0.170 e. The lowest BCUT2D eigenvalue weighted by atomic mass is 9.85. The van der Waals surface area contributed by atoms with E-state index in [1.165, 1.54) is 24.3 Å². The summed E-state index contributed by atoms with van der Waals surface area (Å²) in [4.78, 5) is 37.8. The van der Waals surface area contributed by atoms with Gasteiger partial charge in [0.1, 0.15) is 17.3 Å². The Hall–Kier alpha value is -4.92. The molecule has 0 bridgehead atoms. The maximum absolute atomic E-state index is 14.8. The molecule has 0 amide bonds. The van der Waals surface area contributed by atoms with Gasteiger partial charge in [-0.1, -0.05) is 23.2 Å². The molecule has 2 atom stereocenters. The molecule has 66 heavy (non-hydrogen) atoms. The van der Waals surface area contributed by atoms with Crippen molar-refractivity contribution in [2.75, 3.05) is 51.9 Å². The number of halogens is 5. The fourth-order valence-electron chi connectivity index (χ4n) is 10.4. The minimum atomic E-state index is -0.848. The van der Waals surface area contributed by atoms with Gasteiger partial charge >= 0.3 is 0 Å². The zero-order valence-corrected chi connectivity index (χ0v) is 39.7. The van der Waals surface area contributed by atoms with Gasteiger partial charge in [0.2, 0.25) is 0 Å². The van der Waals surface area contributed by atoms with Crippen LogP contribution < -0.4 is 10.6 Å². The summed E-state index contributed by atoms with van der Waals surface area (Å²) >= 11 is 12.5. The van der Waals surface area contributed by atoms with Crippen molar-refractivity contribution in [2.24, 2.45) is 17.8 Å². The average Bonchev–Trinajstić information content (AvgIpc) is 4.01. The third-order valence-electron chi connectivity index (χ3n) is 13.7. The van der Waals surface area contributed by atoms with Crippen molar-refractivity contribution in [1.82, 2.24) is 29.7 Å². The zero-order valence-electron chi connectivity index (χ0n) is 37.4. The topological polar surface area (TPSA) is 140 Å². The highest BCUT2D eigenvalue weighted by Gasteiger charge is 2.54. The van der Waals surface area contributed by atoms with Crippen molar-refractivity contribution in [3.05, 3.63) is 93.7 Å². The number of nitrogens with one attached hydrogen (secondary N) is 2. The summed E-state index contributed by atoms with van der Waals surface area (Å²) in [5, 5.41) is 27.8. The SMILES string of the molecule is CN(C)CC1CCC(Nc2c(C3C(C=O)C3c3cnc4ccc(-c5cc(F)c(O)c(Cl)c5)nc4c3NC3CCC(CN(C)C)CC3)cnc3ccc(-c4cc(F)c(O)c(Cl)c4)nc23)CC1.Cl. The molecular weight excluding hydrogens is 905 g/mol. The monoisotopic (exact) mass is 958 g/mol. The van der Waals surface area contributed by atoms with Crippen LogP contribution in [0, 0.1) is 29.4 Å². The number of rotatable bonds is 13. The number of phenols is 2. The van der Waals surface area contributed by atoms with Gasteiger partial charge in [0.15, 0.2) is 23.1 Å². The van der Waals surface area contributed by atoms with Gasteiger partial charge in [-0.2, -0.15) is 0 Å². The summed E-state index contributed by atoms with van der Waals surface area (Å²) in [6.07, 6.45) is 12.8. The molecule has 9 rings (SSSR count). The molecule has 0 aliphatic heterocycles. The molecule has 4 aromatic heterocycles. The highest BCUT2D eigenvalue weighted by atomic mass is 35.5. The number of aromatic nitrogens is 4. The maximum atomic E-state index is 14.8. The van der Waals surface area contributed by atoms with E-state index in [9.17, 15) is 23.8 Å². The van der Waals surface area contributed by atoms with E-state index in [1.54, 1.807) is 12.1 Å². The van der Waals surface area contributed by atoms with E-state index < -0.39 is 29.1 Å². The van der Waals surface area contributed by atoms with Gasteiger partial charge in [-0.3, -0.25) is 9.97 Å². The van der Waals surface area contributed by atoms with E-state index >= 15 is 0 Å². The number of aldehydes is 1. The Bertz CT molecular complexity index is 2540. The van der Waals surface area contributed by atoms with Crippen LogP contribution >= 0.6 is 35.6 Å². The number of fused-ring (bicyclic) bond motifs is 2. The number of nitrogens with zero attached hydrogens (tertiary/aromatic N) is 6. The van der Waals surface area contributed by atoms with Crippen LogP contribution in [0.25, 0.3) is 44.6 Å². The van der Waals surface area contributed by atoms with E-state index in [4.69, 9.17) is 43.1 Å². The minimum absolute atomic E-state index is 0. The molecule has 0 spiro atoms. The Morgan fingerprint density at radius 1 is 0.652 bits per heavy atom. The molecule has 348 valence electrons. The molecule has 2 unspecified atom stereocenters. The Kier molecular flexibility index (Phi) is 14.2. The Labute approximate surface area is 399 Å². The molecule has 0 radical (unpaired) electrons. The molecule has 16 heteroatoms. The lowest BCUT2D eigenvalue weighted by Crippen LogP contribution is -2.31. The largest absolute Gasteiger partial charge is 0.504 e. The molecule has 2 aromatic carbocycles. The first-order valence-electron chi connectivity index (χ1n) is 22.5. The van der Waals surface area contributed by atoms with E-state index in [0.29, 0.717) is 56.4 Å². The highest BCUT2D eigenvalue weighted by Crippen LogP contribution is 2.63. The third-order valence-corrected chi connectivity index (χ3v) is 14.3. The summed E-state index contributed by atoms with van der Waals surface area (Å²) < 4.78 is 29.7. The van der Waals surface area contributed by atoms with Gasteiger partial charge in [0.25, 0.3) is 0 Å². The van der Waals surface area contributed by atoms with E-state index in [-0.39, 0.29) is 46.4 Å². The zero-order chi connectivity index (χ0) is 45.7. The number of hydrogen-bond acceptors (Lipinski definition) is 11. The second-order valence-electron chi connectivity index (χ2n) is 18.9. The average molecular weight is 960 g/mol. The van der Waals surface area contributed by atoms with Crippen molar-refractivity contribution in [2.45, 2.75) is 75.3 Å². The van der Waals surface area contributed by atoms with Crippen LogP contribution in [0.5, 0.6) is 11.5 Å². The van der Waals surface area contributed by atoms with Gasteiger partial charge in [0, 0.05) is 77.6 Å². The Morgan fingerprint density at radius 2 is 1.05 bits per heavy atom. The van der Waals surface area contributed by atoms with Crippen LogP contribution in [-0.4, -0.2) is 99.6 Å². The van der Waals surface area contributed by atoms with Crippen LogP contribution in [0.1, 0.15) is 74.3 Å². The number of carbonyl (C=O) groups excluding carboxylic acids is 1. The first-order valence-corrected chi connectivity index (χ1v) is 23.3. The minimum Gasteiger partial charge on any atom is -0.504 e. The van der Waals surface area contributed by atoms with E-state index in [0.717, 1.165) is 93.2 Å². The summed E-state index contributed by atoms with van der Waals surface area (Å²) in [5.41, 5.74) is 7.42. The molecule has 3 saturated carbocycles. The van der Waals surface area contributed by atoms with Crippen LogP contribution in [0.15, 0.2) is 60.9 Å². The van der Waals surface area contributed by atoms with Crippen LogP contribution in [0.2, 0.25) is 10.0 Å². The number of carbonyl (C=O) groups is 1. The number of anilines is 2. The van der Waals surface area contributed by atoms with E-state index in [2.05, 4.69) is 48.6 Å². The molecule has 6 aromatic rings. The van der Waals surface area contributed by atoms with Gasteiger partial charge in [-0.05, 0) is 140 Å². The third kappa shape index (κ3) is 9.73. The van der Waals surface area contributed by atoms with Gasteiger partial charge in [-0.25, -0.2) is 18.7 Å². The normalized spacial score (nSPS) is 23.0. The van der Waals surface area contributed by atoms with Gasteiger partial charge < -0.3 is 35.4 Å². The lowest BCUT2D eigenvalue weighted by molar-refractivity contribution is -0.109. The molecule has 3 aliphatic rings. The second-order valence-corrected chi connectivity index (χ2v) is 19.7. The molecule has 0 saturated heterocycles. The number of benzene rings is 2. The van der Waals surface area contributed by atoms with Crippen molar-refractivity contribution < 1.29 is 23.8 Å². The molecule has 4 heterocycles. The fourth-order valence-corrected chi connectivity index (χ4v) is 10.9. The van der Waals surface area contributed by atoms with Crippen molar-refractivity contribution in [3.8, 4) is 34.0 Å². The molecular formula is C50H55Cl3F2N8O3. The Morgan fingerprint density at radius 3 is 1.39 bits per heavy atom. The van der Waals surface area contributed by atoms with Crippen molar-refractivity contribution in [3.63, 3.8) is 0 Å². The summed E-state index contributed by atoms with van der Waals surface area (Å²) in [7, 11) is 8.43. The van der Waals surface area contributed by atoms with E-state index in [1.807, 2.05) is 24.5 Å². The predicted molar refractivity (Wildman–Crippen MR) is 261 cm³/mol. The Balaban J connectivity index is 0.00000592. The van der Waals surface area contributed by atoms with Crippen molar-refractivity contribution >= 4 is 75.3 Å². The number of phenolic OH excluding ortho intramolecular Hbond substituents is 2. The summed E-state index contributed by atoms with van der Waals surface area (Å²) in [5.74, 6) is -2.77. The smallest absolute Gasteiger partial charge is 0.170 e. The van der Waals surface area contributed by atoms with Crippen LogP contribution in [-0.2, 0) is 4.79 Å². The first-order chi connectivity index (χ1) is 31.3. The molecule has 3 fully saturated rings. The number of aromatic hydroxyl groups is 2. The van der Waals surface area contributed by atoms with Gasteiger partial charge in [0.05, 0.1) is 43.8 Å². The first kappa shape index (κ1) is 47.6. The second kappa shape index (κ2) is 19.7. The van der Waals surface area contributed by atoms with Crippen LogP contribution in [0.3, 0.4) is 0 Å². The highest BCUT2D eigenvalue weighted by molar-refractivity contribution is 6.32. The van der Waals surface area contributed by atoms with Gasteiger partial charge in [-0.15, -0.1) is 12.4 Å². The molecule has 4 N–H and O–H groups in total. The van der Waals surface area contributed by atoms with Crippen molar-refractivity contribution in [1.29, 1.82) is 0 Å². The van der Waals surface area contributed by atoms with Crippen LogP contribution in [0.4, 0.5) is 20.2 Å². The fraction of sp³-hybridized carbons (Fsp3) is 0.420. The summed E-state index contributed by atoms with van der Waals surface area (Å²) in [6.45, 7) is 2.06. The molecule has 11 nitrogen and oxygen atoms in total. The number of pyridine rings is 4. The standard InChI is InChI=1S/C50H54Cl2F2N8O3.ClH/c1-61(2)23-26-5-9-30(10-6-26)57-45-32(21-55-41-15-13-39(59-47(41)45)28-17-35(51)49(64)37(53)19-28)43-34(25-63)44(43)33-22-56-42-16-14-40(29-18-36(52)50(65)38(54)20-29)60-48(42)46(33)58-31-11-7-27(8-12-31)24-62(3)4;/h13-22,25-27,30-31,34,43-44,64-65H,5-12,23-24H2,1-4H3,(H,55,57)(H,56,58);1H. The number of hydrogen-bond donors (Lipinski definition) is 4. The molecule has 3 aliphatic carbocycles. The quantitative estimate of drug-likeness (QED) is 0.0823. The summed E-state index contributed by atoms with van der Waals surface area (Å²) in [6, 6.07) is 12.9. The predicted octanol–water partition coefficient (Wildman–Crippen LogP) is 11.1.